The fourth-order valence-corrected chi connectivity index (χ4v) is 2.03. The van der Waals surface area contributed by atoms with Crippen molar-refractivity contribution in [1.82, 2.24) is 9.88 Å². The lowest BCUT2D eigenvalue weighted by Gasteiger charge is -2.07. The number of nitrogens with one attached hydrogen (secondary N) is 1. The fraction of sp³-hybridized carbons (Fsp3) is 0.444. The van der Waals surface area contributed by atoms with Gasteiger partial charge < -0.3 is 16.0 Å². The van der Waals surface area contributed by atoms with Crippen LogP contribution in [0.1, 0.15) is 15.4 Å². The van der Waals surface area contributed by atoms with Crippen LogP contribution in [0.25, 0.3) is 0 Å². The van der Waals surface area contributed by atoms with E-state index in [1.54, 1.807) is 21.0 Å². The predicted octanol–water partition coefficient (Wildman–Crippen LogP) is 0.0505. The van der Waals surface area contributed by atoms with Gasteiger partial charge in [-0.2, -0.15) is 0 Å². The second-order valence-corrected chi connectivity index (χ2v) is 4.38. The van der Waals surface area contributed by atoms with Gasteiger partial charge in [0.1, 0.15) is 4.88 Å². The number of nitrogens with zero attached hydrogens (tertiary/aromatic N) is 2. The highest BCUT2D eigenvalue weighted by molar-refractivity contribution is 7.17. The number of thiazole rings is 1. The third kappa shape index (κ3) is 2.77. The summed E-state index contributed by atoms with van der Waals surface area (Å²) in [6.07, 6.45) is 0. The van der Waals surface area contributed by atoms with Gasteiger partial charge in [-0.05, 0) is 6.92 Å². The SMILES string of the molecule is Cc1nc(NC(=O)CN)sc1C(=O)N(C)C. The first-order valence-corrected chi connectivity index (χ1v) is 5.46. The number of carbonyl (C=O) groups excluding carboxylic acids is 2. The Morgan fingerprint density at radius 1 is 1.50 bits per heavy atom. The van der Waals surface area contributed by atoms with E-state index < -0.39 is 0 Å². The summed E-state index contributed by atoms with van der Waals surface area (Å²) in [6, 6.07) is 0. The number of hydrogen-bond donors (Lipinski definition) is 2. The number of aryl methyl sites for hydroxylation is 1. The quantitative estimate of drug-likeness (QED) is 0.784. The molecule has 0 radical (unpaired) electrons. The van der Waals surface area contributed by atoms with Crippen LogP contribution in [-0.2, 0) is 4.79 Å². The van der Waals surface area contributed by atoms with E-state index in [4.69, 9.17) is 5.73 Å². The predicted molar refractivity (Wildman–Crippen MR) is 62.6 cm³/mol. The molecule has 0 unspecified atom stereocenters. The average Bonchev–Trinajstić information content (AvgIpc) is 2.57. The maximum atomic E-state index is 11.7. The molecule has 2 amide bonds. The number of anilines is 1. The zero-order valence-corrected chi connectivity index (χ0v) is 10.2. The second-order valence-electron chi connectivity index (χ2n) is 3.39. The van der Waals surface area contributed by atoms with Crippen LogP contribution >= 0.6 is 11.3 Å². The number of carbonyl (C=O) groups is 2. The van der Waals surface area contributed by atoms with E-state index in [1.807, 2.05) is 0 Å². The summed E-state index contributed by atoms with van der Waals surface area (Å²) >= 11 is 1.15. The molecule has 1 aromatic rings. The Morgan fingerprint density at radius 2 is 2.12 bits per heavy atom. The summed E-state index contributed by atoms with van der Waals surface area (Å²) in [4.78, 5) is 28.8. The Kier molecular flexibility index (Phi) is 3.97. The lowest BCUT2D eigenvalue weighted by atomic mass is 10.3. The molecule has 0 saturated carbocycles. The molecule has 0 aliphatic rings. The normalized spacial score (nSPS) is 10.0. The van der Waals surface area contributed by atoms with Crippen LogP contribution in [0, 0.1) is 6.92 Å². The summed E-state index contributed by atoms with van der Waals surface area (Å²) < 4.78 is 0. The number of nitrogens with two attached hydrogens (primary N) is 1. The van der Waals surface area contributed by atoms with Gasteiger partial charge in [0.15, 0.2) is 5.13 Å². The number of rotatable bonds is 3. The monoisotopic (exact) mass is 242 g/mol. The standard InChI is InChI=1S/C9H14N4O2S/c1-5-7(8(15)13(2)3)16-9(11-5)12-6(14)4-10/h4,10H2,1-3H3,(H,11,12,14). The van der Waals surface area contributed by atoms with Crippen molar-refractivity contribution in [3.8, 4) is 0 Å². The summed E-state index contributed by atoms with van der Waals surface area (Å²) in [5.41, 5.74) is 5.77. The lowest BCUT2D eigenvalue weighted by molar-refractivity contribution is -0.114. The molecule has 0 bridgehead atoms. The maximum Gasteiger partial charge on any atom is 0.265 e. The van der Waals surface area contributed by atoms with Gasteiger partial charge in [0.05, 0.1) is 12.2 Å². The summed E-state index contributed by atoms with van der Waals surface area (Å²) in [6.45, 7) is 1.63. The highest BCUT2D eigenvalue weighted by atomic mass is 32.1. The van der Waals surface area contributed by atoms with Crippen molar-refractivity contribution in [2.45, 2.75) is 6.92 Å². The fourth-order valence-electron chi connectivity index (χ4n) is 1.02. The molecule has 0 atom stereocenters. The van der Waals surface area contributed by atoms with Gasteiger partial charge in [-0.25, -0.2) is 4.98 Å². The highest BCUT2D eigenvalue weighted by Crippen LogP contribution is 2.23. The first kappa shape index (κ1) is 12.6. The molecule has 7 heteroatoms. The minimum atomic E-state index is -0.322. The van der Waals surface area contributed by atoms with Crippen LogP contribution in [0.15, 0.2) is 0 Å². The molecule has 6 nitrogen and oxygen atoms in total. The van der Waals surface area contributed by atoms with Crippen LogP contribution in [0.4, 0.5) is 5.13 Å². The molecule has 88 valence electrons. The molecule has 1 aromatic heterocycles. The average molecular weight is 242 g/mol. The van der Waals surface area contributed by atoms with E-state index in [2.05, 4.69) is 10.3 Å². The van der Waals surface area contributed by atoms with Crippen molar-refractivity contribution in [2.24, 2.45) is 5.73 Å². The Labute approximate surface area is 97.5 Å². The van der Waals surface area contributed by atoms with Gasteiger partial charge in [0.25, 0.3) is 5.91 Å². The highest BCUT2D eigenvalue weighted by Gasteiger charge is 2.17. The van der Waals surface area contributed by atoms with Crippen molar-refractivity contribution in [3.05, 3.63) is 10.6 Å². The van der Waals surface area contributed by atoms with E-state index in [9.17, 15) is 9.59 Å². The Bertz CT molecular complexity index is 414. The smallest absolute Gasteiger partial charge is 0.265 e. The first-order valence-electron chi connectivity index (χ1n) is 4.64. The van der Waals surface area contributed by atoms with Gasteiger partial charge in [0, 0.05) is 14.1 Å². The molecule has 0 aliphatic heterocycles. The molecule has 1 rings (SSSR count). The number of hydrogen-bond acceptors (Lipinski definition) is 5. The van der Waals surface area contributed by atoms with Crippen molar-refractivity contribution < 1.29 is 9.59 Å². The first-order chi connectivity index (χ1) is 7.45. The van der Waals surface area contributed by atoms with Gasteiger partial charge in [-0.15, -0.1) is 0 Å². The van der Waals surface area contributed by atoms with Crippen molar-refractivity contribution in [3.63, 3.8) is 0 Å². The molecule has 0 aliphatic carbocycles. The molecule has 0 fully saturated rings. The molecular weight excluding hydrogens is 228 g/mol. The zero-order chi connectivity index (χ0) is 12.3. The van der Waals surface area contributed by atoms with E-state index >= 15 is 0 Å². The molecule has 1 heterocycles. The van der Waals surface area contributed by atoms with Crippen LogP contribution in [0.2, 0.25) is 0 Å². The third-order valence-corrected chi connectivity index (χ3v) is 2.89. The lowest BCUT2D eigenvalue weighted by Crippen LogP contribution is -2.21. The number of aromatic nitrogens is 1. The van der Waals surface area contributed by atoms with E-state index in [0.29, 0.717) is 15.7 Å². The third-order valence-electron chi connectivity index (χ3n) is 1.83. The van der Waals surface area contributed by atoms with Gasteiger partial charge in [0.2, 0.25) is 5.91 Å². The molecule has 16 heavy (non-hydrogen) atoms. The van der Waals surface area contributed by atoms with Crippen molar-refractivity contribution in [1.29, 1.82) is 0 Å². The molecular formula is C9H14N4O2S. The number of amides is 2. The molecule has 0 spiro atoms. The summed E-state index contributed by atoms with van der Waals surface area (Å²) in [7, 11) is 3.33. The van der Waals surface area contributed by atoms with Crippen molar-refractivity contribution in [2.75, 3.05) is 26.0 Å². The van der Waals surface area contributed by atoms with Crippen LogP contribution in [0.3, 0.4) is 0 Å². The van der Waals surface area contributed by atoms with E-state index in [0.717, 1.165) is 11.3 Å². The largest absolute Gasteiger partial charge is 0.344 e. The van der Waals surface area contributed by atoms with Crippen LogP contribution in [0.5, 0.6) is 0 Å². The summed E-state index contributed by atoms with van der Waals surface area (Å²) in [5.74, 6) is -0.444. The maximum absolute atomic E-state index is 11.7. The van der Waals surface area contributed by atoms with E-state index in [-0.39, 0.29) is 18.4 Å². The molecule has 3 N–H and O–H groups in total. The molecule has 0 saturated heterocycles. The summed E-state index contributed by atoms with van der Waals surface area (Å²) in [5, 5.41) is 2.92. The minimum absolute atomic E-state index is 0.102. The molecule has 0 aromatic carbocycles. The Morgan fingerprint density at radius 3 is 2.62 bits per heavy atom. The van der Waals surface area contributed by atoms with Gasteiger partial charge >= 0.3 is 0 Å². The minimum Gasteiger partial charge on any atom is -0.344 e. The van der Waals surface area contributed by atoms with Crippen LogP contribution < -0.4 is 11.1 Å². The van der Waals surface area contributed by atoms with Crippen molar-refractivity contribution >= 4 is 28.3 Å². The van der Waals surface area contributed by atoms with E-state index in [1.165, 1.54) is 4.90 Å². The second kappa shape index (κ2) is 5.04. The van der Waals surface area contributed by atoms with Gasteiger partial charge in [-0.1, -0.05) is 11.3 Å². The topological polar surface area (TPSA) is 88.3 Å². The Hall–Kier alpha value is -1.47. The Balaban J connectivity index is 2.90. The zero-order valence-electron chi connectivity index (χ0n) is 9.40. The van der Waals surface area contributed by atoms with Gasteiger partial charge in [-0.3, -0.25) is 9.59 Å². The van der Waals surface area contributed by atoms with Crippen LogP contribution in [-0.4, -0.2) is 42.3 Å².